The molecule has 0 radical (unpaired) electrons. The van der Waals surface area contributed by atoms with Crippen molar-refractivity contribution in [1.82, 2.24) is 10.3 Å². The molecule has 2 aliphatic heterocycles. The quantitative estimate of drug-likeness (QED) is 0.656. The Morgan fingerprint density at radius 1 is 1.21 bits per heavy atom. The van der Waals surface area contributed by atoms with Gasteiger partial charge in [-0.05, 0) is 63.8 Å². The fraction of sp³-hybridized carbons (Fsp3) is 0.478. The number of hydrogen-bond donors (Lipinski definition) is 1. The molecule has 2 fully saturated rings. The number of ether oxygens (including phenoxy) is 1. The van der Waals surface area contributed by atoms with Crippen LogP contribution in [0.15, 0.2) is 41.4 Å². The molecular formula is C23H27ClFN3O4S. The number of amides is 1. The summed E-state index contributed by atoms with van der Waals surface area (Å²) in [6.45, 7) is 3.33. The van der Waals surface area contributed by atoms with Crippen LogP contribution in [-0.2, 0) is 14.6 Å². The Kier molecular flexibility index (Phi) is 6.30. The highest BCUT2D eigenvalue weighted by atomic mass is 35.5. The largest absolute Gasteiger partial charge is 0.478 e. The molecule has 3 heterocycles. The number of sulfone groups is 1. The topological polar surface area (TPSA) is 88.6 Å². The molecule has 1 amide bonds. The Labute approximate surface area is 198 Å². The first-order valence-corrected chi connectivity index (χ1v) is 13.1. The summed E-state index contributed by atoms with van der Waals surface area (Å²) >= 11 is 5.82. The predicted molar refractivity (Wildman–Crippen MR) is 124 cm³/mol. The Hall–Kier alpha value is -2.39. The van der Waals surface area contributed by atoms with Gasteiger partial charge in [-0.25, -0.2) is 17.8 Å². The van der Waals surface area contributed by atoms with E-state index in [1.54, 1.807) is 26.0 Å². The Morgan fingerprint density at radius 2 is 1.88 bits per heavy atom. The van der Waals surface area contributed by atoms with Crippen LogP contribution in [0.25, 0.3) is 0 Å². The first-order chi connectivity index (χ1) is 15.4. The number of aromatic nitrogens is 1. The normalized spacial score (nSPS) is 22.8. The van der Waals surface area contributed by atoms with Gasteiger partial charge in [0.1, 0.15) is 17.4 Å². The first kappa shape index (κ1) is 23.8. The molecule has 33 heavy (non-hydrogen) atoms. The maximum absolute atomic E-state index is 13.4. The van der Waals surface area contributed by atoms with Crippen LogP contribution in [0.5, 0.6) is 5.75 Å². The fourth-order valence-electron chi connectivity index (χ4n) is 4.65. The highest BCUT2D eigenvalue weighted by Gasteiger charge is 2.43. The molecule has 1 aromatic carbocycles. The van der Waals surface area contributed by atoms with Crippen LogP contribution in [0.3, 0.4) is 0 Å². The monoisotopic (exact) mass is 495 g/mol. The third-order valence-corrected chi connectivity index (χ3v) is 7.68. The van der Waals surface area contributed by atoms with E-state index in [0.29, 0.717) is 5.75 Å². The Bertz CT molecular complexity index is 1140. The van der Waals surface area contributed by atoms with E-state index < -0.39 is 21.3 Å². The molecule has 0 aliphatic carbocycles. The van der Waals surface area contributed by atoms with Crippen molar-refractivity contribution in [3.8, 4) is 5.75 Å². The van der Waals surface area contributed by atoms with Crippen LogP contribution in [-0.4, -0.2) is 49.3 Å². The lowest BCUT2D eigenvalue weighted by atomic mass is 9.96. The van der Waals surface area contributed by atoms with E-state index in [1.165, 1.54) is 24.4 Å². The molecule has 1 aromatic heterocycles. The zero-order valence-electron chi connectivity index (χ0n) is 18.7. The van der Waals surface area contributed by atoms with Crippen molar-refractivity contribution in [2.24, 2.45) is 0 Å². The van der Waals surface area contributed by atoms with E-state index in [1.807, 2.05) is 0 Å². The molecular weight excluding hydrogens is 469 g/mol. The number of piperidine rings is 1. The number of anilines is 1. The molecule has 1 unspecified atom stereocenters. The van der Waals surface area contributed by atoms with Crippen molar-refractivity contribution >= 4 is 33.2 Å². The van der Waals surface area contributed by atoms with Gasteiger partial charge in [0.05, 0.1) is 9.92 Å². The summed E-state index contributed by atoms with van der Waals surface area (Å²) < 4.78 is 42.6. The molecule has 2 aromatic rings. The third-order valence-electron chi connectivity index (χ3n) is 6.29. The second kappa shape index (κ2) is 8.76. The van der Waals surface area contributed by atoms with Crippen LogP contribution in [0.1, 0.15) is 39.5 Å². The van der Waals surface area contributed by atoms with Crippen LogP contribution in [0.2, 0.25) is 5.02 Å². The number of carbonyl (C=O) groups excluding carboxylic acids is 1. The van der Waals surface area contributed by atoms with Crippen LogP contribution < -0.4 is 15.0 Å². The van der Waals surface area contributed by atoms with Gasteiger partial charge in [0.25, 0.3) is 5.91 Å². The number of nitrogens with zero attached hydrogens (tertiary/aromatic N) is 2. The minimum absolute atomic E-state index is 0.0128. The van der Waals surface area contributed by atoms with E-state index >= 15 is 0 Å². The van der Waals surface area contributed by atoms with Crippen molar-refractivity contribution in [2.75, 3.05) is 11.2 Å². The molecule has 2 aliphatic rings. The number of rotatable bonds is 6. The third kappa shape index (κ3) is 5.09. The highest BCUT2D eigenvalue weighted by molar-refractivity contribution is 7.90. The SMILES string of the molecule is CC(C)(Oc1ccc(F)c(Cl)c1)C(=O)NC1C[C@H]2CC[C@@H](C1)N2c1ccc(S(C)(=O)=O)cn1. The van der Waals surface area contributed by atoms with Crippen molar-refractivity contribution in [2.45, 2.75) is 68.2 Å². The number of nitrogens with one attached hydrogen (secondary N) is 1. The molecule has 178 valence electrons. The summed E-state index contributed by atoms with van der Waals surface area (Å²) in [6.07, 6.45) is 6.06. The van der Waals surface area contributed by atoms with E-state index in [9.17, 15) is 17.6 Å². The van der Waals surface area contributed by atoms with E-state index in [-0.39, 0.29) is 34.0 Å². The van der Waals surface area contributed by atoms with Gasteiger partial charge in [0, 0.05) is 36.6 Å². The number of fused-ring (bicyclic) bond motifs is 2. The second-order valence-electron chi connectivity index (χ2n) is 9.25. The first-order valence-electron chi connectivity index (χ1n) is 10.8. The lowest BCUT2D eigenvalue weighted by molar-refractivity contribution is -0.135. The molecule has 3 atom stereocenters. The van der Waals surface area contributed by atoms with E-state index in [2.05, 4.69) is 15.2 Å². The lowest BCUT2D eigenvalue weighted by Gasteiger charge is -2.40. The summed E-state index contributed by atoms with van der Waals surface area (Å²) in [5.41, 5.74) is -1.17. The van der Waals surface area contributed by atoms with Crippen molar-refractivity contribution in [3.05, 3.63) is 47.4 Å². The zero-order valence-corrected chi connectivity index (χ0v) is 20.3. The van der Waals surface area contributed by atoms with Crippen molar-refractivity contribution in [3.63, 3.8) is 0 Å². The zero-order chi connectivity index (χ0) is 24.0. The number of pyridine rings is 1. The Morgan fingerprint density at radius 3 is 2.42 bits per heavy atom. The molecule has 4 rings (SSSR count). The van der Waals surface area contributed by atoms with E-state index in [0.717, 1.165) is 37.8 Å². The van der Waals surface area contributed by atoms with Gasteiger partial charge < -0.3 is 15.0 Å². The van der Waals surface area contributed by atoms with Gasteiger partial charge in [0.15, 0.2) is 15.4 Å². The summed E-state index contributed by atoms with van der Waals surface area (Å²) in [5, 5.41) is 3.05. The molecule has 0 spiro atoms. The van der Waals surface area contributed by atoms with Crippen molar-refractivity contribution in [1.29, 1.82) is 0 Å². The molecule has 2 saturated heterocycles. The molecule has 0 saturated carbocycles. The van der Waals surface area contributed by atoms with Crippen LogP contribution in [0, 0.1) is 5.82 Å². The fourth-order valence-corrected chi connectivity index (χ4v) is 5.38. The number of halogens is 2. The molecule has 7 nitrogen and oxygen atoms in total. The highest BCUT2D eigenvalue weighted by Crippen LogP contribution is 2.39. The van der Waals surface area contributed by atoms with E-state index in [4.69, 9.17) is 16.3 Å². The number of carbonyl (C=O) groups is 1. The average molecular weight is 496 g/mol. The molecule has 1 N–H and O–H groups in total. The van der Waals surface area contributed by atoms with Gasteiger partial charge in [-0.3, -0.25) is 4.79 Å². The van der Waals surface area contributed by atoms with Crippen LogP contribution in [0.4, 0.5) is 10.2 Å². The van der Waals surface area contributed by atoms with Gasteiger partial charge in [-0.1, -0.05) is 11.6 Å². The Balaban J connectivity index is 1.40. The van der Waals surface area contributed by atoms with Crippen molar-refractivity contribution < 1.29 is 22.3 Å². The minimum Gasteiger partial charge on any atom is -0.478 e. The number of benzene rings is 1. The average Bonchev–Trinajstić information content (AvgIpc) is 3.00. The maximum Gasteiger partial charge on any atom is 0.263 e. The van der Waals surface area contributed by atoms with Gasteiger partial charge >= 0.3 is 0 Å². The maximum atomic E-state index is 13.4. The summed E-state index contributed by atoms with van der Waals surface area (Å²) in [4.78, 5) is 19.8. The van der Waals surface area contributed by atoms with Gasteiger partial charge in [-0.15, -0.1) is 0 Å². The number of hydrogen-bond acceptors (Lipinski definition) is 6. The molecule has 2 bridgehead atoms. The van der Waals surface area contributed by atoms with Gasteiger partial charge in [-0.2, -0.15) is 0 Å². The predicted octanol–water partition coefficient (Wildman–Crippen LogP) is 3.75. The second-order valence-corrected chi connectivity index (χ2v) is 11.7. The van der Waals surface area contributed by atoms with Crippen LogP contribution >= 0.6 is 11.6 Å². The minimum atomic E-state index is -3.29. The lowest BCUT2D eigenvalue weighted by Crippen LogP contribution is -2.55. The standard InChI is InChI=1S/C23H27ClFN3O4S/c1-23(2,32-17-6-8-20(25)19(24)12-17)22(29)27-14-10-15-4-5-16(11-14)28(15)21-9-7-18(13-26-21)33(3,30)31/h6-9,12-16H,4-5,10-11H2,1-3H3,(H,27,29)/t14?,15-,16+. The summed E-state index contributed by atoms with van der Waals surface area (Å²) in [7, 11) is -3.29. The molecule has 10 heteroatoms. The smallest absolute Gasteiger partial charge is 0.263 e. The summed E-state index contributed by atoms with van der Waals surface area (Å²) in [5.74, 6) is 0.280. The summed E-state index contributed by atoms with van der Waals surface area (Å²) in [6, 6.07) is 7.76. The van der Waals surface area contributed by atoms with Gasteiger partial charge in [0.2, 0.25) is 0 Å².